The molecule has 8 heteroatoms. The van der Waals surface area contributed by atoms with E-state index in [1.54, 1.807) is 37.3 Å². The molecule has 0 N–H and O–H groups in total. The van der Waals surface area contributed by atoms with Crippen LogP contribution in [0.4, 0.5) is 5.69 Å². The van der Waals surface area contributed by atoms with Gasteiger partial charge >= 0.3 is 5.63 Å². The van der Waals surface area contributed by atoms with Gasteiger partial charge in [0.1, 0.15) is 11.5 Å². The highest BCUT2D eigenvalue weighted by molar-refractivity contribution is 6.30. The molecule has 0 spiro atoms. The Morgan fingerprint density at radius 2 is 1.76 bits per heavy atom. The van der Waals surface area contributed by atoms with Crippen molar-refractivity contribution in [3.8, 4) is 5.75 Å². The number of non-ortho nitro benzene ring substituents is 1. The third-order valence-corrected chi connectivity index (χ3v) is 5.04. The number of rotatable bonds is 4. The standard InChI is InChI=1S/C21H14ClNO6/c1-11-10-16-18(21(25)28-11)17(12-2-6-14(22)7-3-12)20(29-16)19(24)13-4-8-15(9-5-13)23(26)27/h2-10,17,20H,1H3. The number of carbonyl (C=O) groups excluding carboxylic acids is 1. The molecule has 1 aliphatic heterocycles. The second kappa shape index (κ2) is 7.18. The summed E-state index contributed by atoms with van der Waals surface area (Å²) in [7, 11) is 0. The first-order valence-corrected chi connectivity index (χ1v) is 9.08. The quantitative estimate of drug-likeness (QED) is 0.361. The van der Waals surface area contributed by atoms with E-state index in [0.29, 0.717) is 22.1 Å². The third-order valence-electron chi connectivity index (χ3n) is 4.79. The number of ether oxygens (including phenoxy) is 1. The number of carbonyl (C=O) groups is 1. The predicted molar refractivity (Wildman–Crippen MR) is 105 cm³/mol. The summed E-state index contributed by atoms with van der Waals surface area (Å²) in [6.07, 6.45) is -1.02. The number of nitro groups is 1. The number of Topliss-reactive ketones (excluding diaryl/α,β-unsaturated/α-hetero) is 1. The minimum atomic E-state index is -1.02. The highest BCUT2D eigenvalue weighted by Gasteiger charge is 2.43. The van der Waals surface area contributed by atoms with Gasteiger partial charge in [-0.25, -0.2) is 4.79 Å². The summed E-state index contributed by atoms with van der Waals surface area (Å²) in [4.78, 5) is 36.1. The fourth-order valence-electron chi connectivity index (χ4n) is 3.46. The molecular formula is C21H14ClNO6. The van der Waals surface area contributed by atoms with Gasteiger partial charge in [-0.05, 0) is 36.8 Å². The molecule has 29 heavy (non-hydrogen) atoms. The molecule has 2 heterocycles. The number of halogens is 1. The lowest BCUT2D eigenvalue weighted by Gasteiger charge is -2.18. The second-order valence-electron chi connectivity index (χ2n) is 6.66. The average molecular weight is 412 g/mol. The number of nitro benzene ring substituents is 1. The average Bonchev–Trinajstić information content (AvgIpc) is 3.07. The Morgan fingerprint density at radius 3 is 2.38 bits per heavy atom. The van der Waals surface area contributed by atoms with Crippen LogP contribution in [0.3, 0.4) is 0 Å². The van der Waals surface area contributed by atoms with E-state index in [2.05, 4.69) is 0 Å². The van der Waals surface area contributed by atoms with E-state index in [1.165, 1.54) is 24.3 Å². The van der Waals surface area contributed by atoms with Gasteiger partial charge in [-0.15, -0.1) is 0 Å². The topological polar surface area (TPSA) is 99.7 Å². The third kappa shape index (κ3) is 3.40. The van der Waals surface area contributed by atoms with E-state index >= 15 is 0 Å². The van der Waals surface area contributed by atoms with Crippen molar-refractivity contribution in [3.63, 3.8) is 0 Å². The first-order chi connectivity index (χ1) is 13.8. The van der Waals surface area contributed by atoms with Gasteiger partial charge in [0.2, 0.25) is 5.78 Å². The molecule has 0 saturated heterocycles. The summed E-state index contributed by atoms with van der Waals surface area (Å²) >= 11 is 5.97. The smallest absolute Gasteiger partial charge is 0.343 e. The zero-order valence-electron chi connectivity index (χ0n) is 15.1. The Hall–Kier alpha value is -3.45. The number of ketones is 1. The highest BCUT2D eigenvalue weighted by atomic mass is 35.5. The molecule has 2 unspecified atom stereocenters. The number of hydrogen-bond acceptors (Lipinski definition) is 6. The van der Waals surface area contributed by atoms with Crippen molar-refractivity contribution in [2.45, 2.75) is 18.9 Å². The van der Waals surface area contributed by atoms with Crippen molar-refractivity contribution in [1.29, 1.82) is 0 Å². The van der Waals surface area contributed by atoms with Crippen molar-refractivity contribution >= 4 is 23.1 Å². The summed E-state index contributed by atoms with van der Waals surface area (Å²) in [5.74, 6) is -0.430. The molecule has 2 aromatic carbocycles. The Balaban J connectivity index is 1.80. The number of aryl methyl sites for hydroxylation is 1. The van der Waals surface area contributed by atoms with Crippen LogP contribution in [0.1, 0.15) is 33.2 Å². The first-order valence-electron chi connectivity index (χ1n) is 8.70. The van der Waals surface area contributed by atoms with E-state index in [1.807, 2.05) is 0 Å². The van der Waals surface area contributed by atoms with Gasteiger partial charge in [0, 0.05) is 28.8 Å². The van der Waals surface area contributed by atoms with Crippen LogP contribution in [0.15, 0.2) is 63.8 Å². The summed E-state index contributed by atoms with van der Waals surface area (Å²) < 4.78 is 11.1. The molecule has 4 rings (SSSR count). The van der Waals surface area contributed by atoms with Crippen molar-refractivity contribution < 1.29 is 18.9 Å². The first kappa shape index (κ1) is 18.9. The maximum absolute atomic E-state index is 13.2. The number of fused-ring (bicyclic) bond motifs is 1. The number of hydrogen-bond donors (Lipinski definition) is 0. The lowest BCUT2D eigenvalue weighted by molar-refractivity contribution is -0.384. The molecule has 0 saturated carbocycles. The van der Waals surface area contributed by atoms with Gasteiger partial charge in [0.25, 0.3) is 5.69 Å². The maximum atomic E-state index is 13.2. The van der Waals surface area contributed by atoms with Crippen LogP contribution < -0.4 is 10.4 Å². The molecule has 1 aromatic heterocycles. The Bertz CT molecular complexity index is 1170. The van der Waals surface area contributed by atoms with Crippen LogP contribution in [0.25, 0.3) is 0 Å². The lowest BCUT2D eigenvalue weighted by Crippen LogP contribution is -2.31. The summed E-state index contributed by atoms with van der Waals surface area (Å²) in [5, 5.41) is 11.4. The summed E-state index contributed by atoms with van der Waals surface area (Å²) in [6.45, 7) is 1.62. The molecule has 0 amide bonds. The minimum Gasteiger partial charge on any atom is -0.481 e. The van der Waals surface area contributed by atoms with E-state index < -0.39 is 28.4 Å². The molecule has 0 radical (unpaired) electrons. The van der Waals surface area contributed by atoms with E-state index in [9.17, 15) is 19.7 Å². The monoisotopic (exact) mass is 411 g/mol. The molecular weight excluding hydrogens is 398 g/mol. The molecule has 0 fully saturated rings. The van der Waals surface area contributed by atoms with Crippen molar-refractivity contribution in [1.82, 2.24) is 0 Å². The molecule has 0 aliphatic carbocycles. The zero-order valence-corrected chi connectivity index (χ0v) is 15.9. The van der Waals surface area contributed by atoms with Crippen molar-refractivity contribution in [2.24, 2.45) is 0 Å². The van der Waals surface area contributed by atoms with Gasteiger partial charge in [-0.1, -0.05) is 23.7 Å². The molecule has 3 aromatic rings. The van der Waals surface area contributed by atoms with Gasteiger partial charge in [-0.2, -0.15) is 0 Å². The van der Waals surface area contributed by atoms with Crippen LogP contribution in [-0.4, -0.2) is 16.8 Å². The minimum absolute atomic E-state index is 0.123. The van der Waals surface area contributed by atoms with Crippen LogP contribution in [0, 0.1) is 17.0 Å². The van der Waals surface area contributed by atoms with Gasteiger partial charge in [0.05, 0.1) is 16.4 Å². The molecule has 7 nitrogen and oxygen atoms in total. The molecule has 1 aliphatic rings. The van der Waals surface area contributed by atoms with Crippen molar-refractivity contribution in [2.75, 3.05) is 0 Å². The van der Waals surface area contributed by atoms with Gasteiger partial charge < -0.3 is 9.15 Å². The number of benzene rings is 2. The van der Waals surface area contributed by atoms with E-state index in [4.69, 9.17) is 20.8 Å². The van der Waals surface area contributed by atoms with Crippen molar-refractivity contribution in [3.05, 3.63) is 103 Å². The Morgan fingerprint density at radius 1 is 1.10 bits per heavy atom. The lowest BCUT2D eigenvalue weighted by atomic mass is 9.85. The van der Waals surface area contributed by atoms with Crippen LogP contribution >= 0.6 is 11.6 Å². The molecule has 2 atom stereocenters. The predicted octanol–water partition coefficient (Wildman–Crippen LogP) is 4.29. The summed E-state index contributed by atoms with van der Waals surface area (Å²) in [5.41, 5.74) is 0.484. The van der Waals surface area contributed by atoms with E-state index in [-0.39, 0.29) is 16.8 Å². The Kier molecular flexibility index (Phi) is 4.68. The van der Waals surface area contributed by atoms with E-state index in [0.717, 1.165) is 0 Å². The Labute approximate surface area is 169 Å². The fourth-order valence-corrected chi connectivity index (χ4v) is 3.58. The molecule has 0 bridgehead atoms. The largest absolute Gasteiger partial charge is 0.481 e. The molecule has 146 valence electrons. The fraction of sp³-hybridized carbons (Fsp3) is 0.143. The number of nitrogens with zero attached hydrogens (tertiary/aromatic N) is 1. The normalized spacial score (nSPS) is 17.4. The van der Waals surface area contributed by atoms with Crippen LogP contribution in [0.5, 0.6) is 5.75 Å². The highest BCUT2D eigenvalue weighted by Crippen LogP contribution is 2.42. The van der Waals surface area contributed by atoms with Crippen LogP contribution in [-0.2, 0) is 0 Å². The summed E-state index contributed by atoms with van der Waals surface area (Å²) in [6, 6.07) is 13.6. The maximum Gasteiger partial charge on any atom is 0.343 e. The van der Waals surface area contributed by atoms with Gasteiger partial charge in [-0.3, -0.25) is 14.9 Å². The second-order valence-corrected chi connectivity index (χ2v) is 7.09. The van der Waals surface area contributed by atoms with Crippen LogP contribution in [0.2, 0.25) is 5.02 Å². The van der Waals surface area contributed by atoms with Gasteiger partial charge in [0.15, 0.2) is 6.10 Å². The zero-order chi connectivity index (χ0) is 20.7. The SMILES string of the molecule is Cc1cc2c(c(=O)o1)C(c1ccc(Cl)cc1)C(C(=O)c1ccc([N+](=O)[O-])cc1)O2.